The average Bonchev–Trinajstić information content (AvgIpc) is 2.66. The molecule has 5 rings (SSSR count). The van der Waals surface area contributed by atoms with Crippen LogP contribution >= 0.6 is 11.6 Å². The molecule has 7 heteroatoms. The molecule has 1 aliphatic heterocycles. The minimum Gasteiger partial charge on any atom is -0.341 e. The van der Waals surface area contributed by atoms with Crippen molar-refractivity contribution in [2.75, 3.05) is 5.32 Å². The summed E-state index contributed by atoms with van der Waals surface area (Å²) in [7, 11) is 0. The van der Waals surface area contributed by atoms with E-state index in [1.54, 1.807) is 6.07 Å². The Bertz CT molecular complexity index is 1360. The van der Waals surface area contributed by atoms with Gasteiger partial charge >= 0.3 is 5.69 Å². The van der Waals surface area contributed by atoms with Crippen LogP contribution in [-0.4, -0.2) is 9.97 Å². The van der Waals surface area contributed by atoms with Crippen LogP contribution < -0.4 is 16.6 Å². The molecule has 1 aromatic heterocycles. The second-order valence-corrected chi connectivity index (χ2v) is 7.05. The summed E-state index contributed by atoms with van der Waals surface area (Å²) < 4.78 is 14.9. The van der Waals surface area contributed by atoms with Crippen molar-refractivity contribution >= 4 is 33.9 Å². The number of rotatable bonds is 1. The van der Waals surface area contributed by atoms with Gasteiger partial charge < -0.3 is 5.32 Å². The molecule has 0 spiro atoms. The molecule has 0 fully saturated rings. The molecule has 3 N–H and O–H groups in total. The standard InChI is InChI=1S/C21H13ClFN3O2/c22-12-6-3-7-13(23)16(12)17-15-11-5-2-1-4-10(11)8-9-14(15)24-19-18(17)20(27)26-21(28)25-19/h1-9,17H,(H3,24,25,26,27,28). The van der Waals surface area contributed by atoms with Gasteiger partial charge in [0, 0.05) is 16.3 Å². The van der Waals surface area contributed by atoms with E-state index in [4.69, 9.17) is 11.6 Å². The van der Waals surface area contributed by atoms with Crippen LogP contribution in [-0.2, 0) is 0 Å². The van der Waals surface area contributed by atoms with E-state index in [1.165, 1.54) is 12.1 Å². The van der Waals surface area contributed by atoms with E-state index in [2.05, 4.69) is 15.3 Å². The van der Waals surface area contributed by atoms with Crippen molar-refractivity contribution in [3.8, 4) is 0 Å². The summed E-state index contributed by atoms with van der Waals surface area (Å²) in [5.41, 5.74) is 0.595. The Labute approximate surface area is 162 Å². The number of fused-ring (bicyclic) bond motifs is 4. The first-order chi connectivity index (χ1) is 13.5. The molecule has 0 radical (unpaired) electrons. The fourth-order valence-electron chi connectivity index (χ4n) is 3.94. The first-order valence-corrected chi connectivity index (χ1v) is 9.01. The quantitative estimate of drug-likeness (QED) is 0.398. The summed E-state index contributed by atoms with van der Waals surface area (Å²) in [6, 6.07) is 15.9. The number of hydrogen-bond donors (Lipinski definition) is 3. The first kappa shape index (κ1) is 16.8. The van der Waals surface area contributed by atoms with E-state index in [1.807, 2.05) is 36.4 Å². The van der Waals surface area contributed by atoms with E-state index < -0.39 is 23.0 Å². The Hall–Kier alpha value is -3.38. The van der Waals surface area contributed by atoms with E-state index in [0.717, 1.165) is 16.3 Å². The minimum atomic E-state index is -0.786. The molecule has 2 heterocycles. The molecule has 0 amide bonds. The van der Waals surface area contributed by atoms with E-state index in [0.29, 0.717) is 5.69 Å². The molecule has 0 bridgehead atoms. The van der Waals surface area contributed by atoms with E-state index >= 15 is 0 Å². The highest BCUT2D eigenvalue weighted by atomic mass is 35.5. The second-order valence-electron chi connectivity index (χ2n) is 6.64. The van der Waals surface area contributed by atoms with Crippen LogP contribution in [0.1, 0.15) is 22.6 Å². The molecule has 0 saturated carbocycles. The average molecular weight is 394 g/mol. The van der Waals surface area contributed by atoms with Crippen molar-refractivity contribution < 1.29 is 4.39 Å². The van der Waals surface area contributed by atoms with Gasteiger partial charge in [0.25, 0.3) is 5.56 Å². The van der Waals surface area contributed by atoms with Crippen molar-refractivity contribution in [1.82, 2.24) is 9.97 Å². The van der Waals surface area contributed by atoms with Crippen molar-refractivity contribution in [3.05, 3.63) is 103 Å². The maximum Gasteiger partial charge on any atom is 0.327 e. The molecule has 5 nitrogen and oxygen atoms in total. The maximum absolute atomic E-state index is 14.9. The van der Waals surface area contributed by atoms with Crippen LogP contribution in [0.15, 0.2) is 64.2 Å². The van der Waals surface area contributed by atoms with Gasteiger partial charge in [0.05, 0.1) is 11.5 Å². The monoisotopic (exact) mass is 393 g/mol. The van der Waals surface area contributed by atoms with Gasteiger partial charge in [-0.1, -0.05) is 48.0 Å². The lowest BCUT2D eigenvalue weighted by atomic mass is 9.80. The number of anilines is 2. The summed E-state index contributed by atoms with van der Waals surface area (Å²) >= 11 is 6.39. The molecular formula is C21H13ClFN3O2. The summed E-state index contributed by atoms with van der Waals surface area (Å²) in [5.74, 6) is -1.07. The van der Waals surface area contributed by atoms with Gasteiger partial charge in [-0.15, -0.1) is 0 Å². The molecule has 4 aromatic rings. The van der Waals surface area contributed by atoms with Gasteiger partial charge in [0.15, 0.2) is 0 Å². The van der Waals surface area contributed by atoms with Crippen molar-refractivity contribution in [2.45, 2.75) is 5.92 Å². The summed E-state index contributed by atoms with van der Waals surface area (Å²) in [6.45, 7) is 0. The van der Waals surface area contributed by atoms with Gasteiger partial charge in [0.1, 0.15) is 11.6 Å². The van der Waals surface area contributed by atoms with E-state index in [-0.39, 0.29) is 22.0 Å². The van der Waals surface area contributed by atoms with Crippen LogP contribution in [0.5, 0.6) is 0 Å². The molecule has 1 unspecified atom stereocenters. The molecule has 0 aliphatic carbocycles. The number of aromatic nitrogens is 2. The highest BCUT2D eigenvalue weighted by Gasteiger charge is 2.34. The van der Waals surface area contributed by atoms with E-state index in [9.17, 15) is 14.0 Å². The normalized spacial score (nSPS) is 15.0. The van der Waals surface area contributed by atoms with Crippen LogP contribution in [0, 0.1) is 5.82 Å². The van der Waals surface area contributed by atoms with Gasteiger partial charge in [-0.25, -0.2) is 9.18 Å². The highest BCUT2D eigenvalue weighted by Crippen LogP contribution is 2.47. The summed E-state index contributed by atoms with van der Waals surface area (Å²) in [6.07, 6.45) is 0. The van der Waals surface area contributed by atoms with Crippen LogP contribution in [0.25, 0.3) is 10.8 Å². The lowest BCUT2D eigenvalue weighted by Crippen LogP contribution is -2.32. The lowest BCUT2D eigenvalue weighted by Gasteiger charge is -2.30. The SMILES string of the molecule is O=c1[nH]c2c(c(=O)[nH]1)C(c1c(F)cccc1Cl)c1c(ccc3ccccc13)N2. The molecule has 3 aromatic carbocycles. The number of aromatic amines is 2. The number of hydrogen-bond acceptors (Lipinski definition) is 3. The predicted octanol–water partition coefficient (Wildman–Crippen LogP) is 4.25. The van der Waals surface area contributed by atoms with Crippen LogP contribution in [0.2, 0.25) is 5.02 Å². The number of halogens is 2. The van der Waals surface area contributed by atoms with Gasteiger partial charge in [-0.05, 0) is 34.5 Å². The summed E-state index contributed by atoms with van der Waals surface area (Å²) in [4.78, 5) is 29.4. The topological polar surface area (TPSA) is 77.8 Å². The Balaban J connectivity index is 1.96. The predicted molar refractivity (Wildman–Crippen MR) is 107 cm³/mol. The fourth-order valence-corrected chi connectivity index (χ4v) is 4.21. The van der Waals surface area contributed by atoms with Crippen LogP contribution in [0.4, 0.5) is 15.9 Å². The number of benzene rings is 3. The maximum atomic E-state index is 14.9. The first-order valence-electron chi connectivity index (χ1n) is 8.63. The Morgan fingerprint density at radius 2 is 1.68 bits per heavy atom. The minimum absolute atomic E-state index is 0.196. The zero-order valence-corrected chi connectivity index (χ0v) is 15.1. The molecular weight excluding hydrogens is 381 g/mol. The fraction of sp³-hybridized carbons (Fsp3) is 0.0476. The van der Waals surface area contributed by atoms with Gasteiger partial charge in [-0.2, -0.15) is 0 Å². The van der Waals surface area contributed by atoms with Crippen molar-refractivity contribution in [1.29, 1.82) is 0 Å². The van der Waals surface area contributed by atoms with Gasteiger partial charge in [0.2, 0.25) is 0 Å². The van der Waals surface area contributed by atoms with Crippen molar-refractivity contribution in [3.63, 3.8) is 0 Å². The third kappa shape index (κ3) is 2.38. The van der Waals surface area contributed by atoms with Crippen molar-refractivity contribution in [2.24, 2.45) is 0 Å². The Kier molecular flexibility index (Phi) is 3.64. The zero-order valence-electron chi connectivity index (χ0n) is 14.3. The van der Waals surface area contributed by atoms with Crippen LogP contribution in [0.3, 0.4) is 0 Å². The molecule has 138 valence electrons. The Morgan fingerprint density at radius 3 is 2.50 bits per heavy atom. The second kappa shape index (κ2) is 6.07. The smallest absolute Gasteiger partial charge is 0.327 e. The third-order valence-electron chi connectivity index (χ3n) is 5.08. The highest BCUT2D eigenvalue weighted by molar-refractivity contribution is 6.31. The Morgan fingerprint density at radius 1 is 0.857 bits per heavy atom. The molecule has 28 heavy (non-hydrogen) atoms. The molecule has 0 saturated heterocycles. The van der Waals surface area contributed by atoms with Gasteiger partial charge in [-0.3, -0.25) is 14.8 Å². The zero-order chi connectivity index (χ0) is 19.4. The largest absolute Gasteiger partial charge is 0.341 e. The molecule has 1 atom stereocenters. The number of nitrogens with one attached hydrogen (secondary N) is 3. The molecule has 1 aliphatic rings. The number of H-pyrrole nitrogens is 2. The lowest BCUT2D eigenvalue weighted by molar-refractivity contribution is 0.606. The third-order valence-corrected chi connectivity index (χ3v) is 5.41. The summed E-state index contributed by atoms with van der Waals surface area (Å²) in [5, 5.41) is 5.14.